The highest BCUT2D eigenvalue weighted by Gasteiger charge is 2.20. The second-order valence-corrected chi connectivity index (χ2v) is 6.06. The minimum Gasteiger partial charge on any atom is -0.370 e. The molecule has 0 fully saturated rings. The van der Waals surface area contributed by atoms with Crippen LogP contribution in [0.4, 0.5) is 0 Å². The first kappa shape index (κ1) is 20.9. The van der Waals surface area contributed by atoms with Crippen LogP contribution in [0.2, 0.25) is 0 Å². The smallest absolute Gasteiger partial charge is 0.239 e. The maximum absolute atomic E-state index is 12.4. The van der Waals surface area contributed by atoms with Crippen molar-refractivity contribution in [3.63, 3.8) is 0 Å². The molecule has 0 saturated carbocycles. The van der Waals surface area contributed by atoms with Crippen LogP contribution in [0.25, 0.3) is 0 Å². The van der Waals surface area contributed by atoms with Gasteiger partial charge in [0.15, 0.2) is 0 Å². The van der Waals surface area contributed by atoms with Gasteiger partial charge in [0.05, 0.1) is 6.04 Å². The molecule has 22 heavy (non-hydrogen) atoms. The zero-order valence-electron chi connectivity index (χ0n) is 14.5. The molecule has 0 aliphatic rings. The average molecular weight is 313 g/mol. The molecule has 0 aromatic rings. The van der Waals surface area contributed by atoms with Gasteiger partial charge in [-0.1, -0.05) is 52.4 Å². The summed E-state index contributed by atoms with van der Waals surface area (Å²) >= 11 is 0. The Morgan fingerprint density at radius 3 is 1.82 bits per heavy atom. The maximum atomic E-state index is 12.4. The van der Waals surface area contributed by atoms with Gasteiger partial charge >= 0.3 is 0 Å². The van der Waals surface area contributed by atoms with E-state index in [4.69, 9.17) is 11.5 Å². The molecule has 0 spiro atoms. The van der Waals surface area contributed by atoms with Crippen LogP contribution in [-0.2, 0) is 9.59 Å². The molecule has 5 heteroatoms. The number of nitrogens with zero attached hydrogens (tertiary/aromatic N) is 1. The molecule has 0 aliphatic carbocycles. The van der Waals surface area contributed by atoms with Crippen LogP contribution in [0.3, 0.4) is 0 Å². The fraction of sp³-hybridized carbons (Fsp3) is 0.882. The molecular formula is C17H35N3O2. The Labute approximate surface area is 135 Å². The third-order valence-electron chi connectivity index (χ3n) is 3.89. The number of nitrogens with two attached hydrogens (primary N) is 2. The summed E-state index contributed by atoms with van der Waals surface area (Å²) in [6.07, 6.45) is 9.62. The van der Waals surface area contributed by atoms with E-state index in [1.807, 2.05) is 4.90 Å². The lowest BCUT2D eigenvalue weighted by molar-refractivity contribution is -0.133. The number of carbonyl (C=O) groups is 2. The van der Waals surface area contributed by atoms with Crippen LogP contribution in [0.1, 0.15) is 78.1 Å². The van der Waals surface area contributed by atoms with Gasteiger partial charge in [-0.2, -0.15) is 0 Å². The van der Waals surface area contributed by atoms with Gasteiger partial charge in [0.25, 0.3) is 0 Å². The van der Waals surface area contributed by atoms with Gasteiger partial charge in [0, 0.05) is 19.5 Å². The Morgan fingerprint density at radius 1 is 0.909 bits per heavy atom. The molecule has 0 aromatic heterocycles. The number of rotatable bonds is 14. The number of unbranched alkanes of at least 4 members (excludes halogenated alkanes) is 6. The second-order valence-electron chi connectivity index (χ2n) is 6.06. The minimum absolute atomic E-state index is 0.0331. The van der Waals surface area contributed by atoms with Crippen LogP contribution in [0.15, 0.2) is 0 Å². The van der Waals surface area contributed by atoms with Crippen LogP contribution in [0.5, 0.6) is 0 Å². The first-order valence-corrected chi connectivity index (χ1v) is 8.85. The summed E-state index contributed by atoms with van der Waals surface area (Å²) in [5.74, 6) is -0.435. The maximum Gasteiger partial charge on any atom is 0.239 e. The van der Waals surface area contributed by atoms with Crippen LogP contribution in [0, 0.1) is 0 Å². The summed E-state index contributed by atoms with van der Waals surface area (Å²) in [6, 6.07) is -0.607. The Kier molecular flexibility index (Phi) is 12.9. The van der Waals surface area contributed by atoms with Crippen molar-refractivity contribution in [2.75, 3.05) is 13.1 Å². The van der Waals surface area contributed by atoms with E-state index in [-0.39, 0.29) is 12.3 Å². The highest BCUT2D eigenvalue weighted by Crippen LogP contribution is 2.08. The summed E-state index contributed by atoms with van der Waals surface area (Å²) in [5.41, 5.74) is 11.1. The molecule has 0 bridgehead atoms. The lowest BCUT2D eigenvalue weighted by atomic mass is 10.1. The van der Waals surface area contributed by atoms with E-state index >= 15 is 0 Å². The van der Waals surface area contributed by atoms with E-state index < -0.39 is 11.9 Å². The minimum atomic E-state index is -0.607. The van der Waals surface area contributed by atoms with E-state index in [9.17, 15) is 9.59 Å². The van der Waals surface area contributed by atoms with E-state index in [1.54, 1.807) is 0 Å². The highest BCUT2D eigenvalue weighted by atomic mass is 16.2. The quantitative estimate of drug-likeness (QED) is 0.483. The van der Waals surface area contributed by atoms with E-state index in [2.05, 4.69) is 13.8 Å². The van der Waals surface area contributed by atoms with Crippen molar-refractivity contribution in [2.45, 2.75) is 84.1 Å². The Bertz CT molecular complexity index is 296. The third kappa shape index (κ3) is 10.6. The SMILES string of the molecule is CCCCCCN(CCCCCC)C(=O)[C@@H](N)CCC(N)=O. The predicted octanol–water partition coefficient (Wildman–Crippen LogP) is 2.57. The molecule has 5 nitrogen and oxygen atoms in total. The molecule has 0 unspecified atom stereocenters. The summed E-state index contributed by atoms with van der Waals surface area (Å²) in [7, 11) is 0. The fourth-order valence-electron chi connectivity index (χ4n) is 2.45. The van der Waals surface area contributed by atoms with Crippen LogP contribution in [-0.4, -0.2) is 35.8 Å². The van der Waals surface area contributed by atoms with Crippen molar-refractivity contribution in [3.8, 4) is 0 Å². The standard InChI is InChI=1S/C17H35N3O2/c1-3-5-7-9-13-20(14-10-8-6-4-2)17(22)15(18)11-12-16(19)21/h15H,3-14,18H2,1-2H3,(H2,19,21)/t15-/m0/s1. The lowest BCUT2D eigenvalue weighted by Crippen LogP contribution is -2.45. The number of hydrogen-bond acceptors (Lipinski definition) is 3. The third-order valence-corrected chi connectivity index (χ3v) is 3.89. The van der Waals surface area contributed by atoms with Crippen molar-refractivity contribution in [1.82, 2.24) is 4.90 Å². The topological polar surface area (TPSA) is 89.4 Å². The summed E-state index contributed by atoms with van der Waals surface area (Å²) in [6.45, 7) is 5.89. The molecular weight excluding hydrogens is 278 g/mol. The molecule has 1 atom stereocenters. The van der Waals surface area contributed by atoms with E-state index in [0.717, 1.165) is 38.8 Å². The van der Waals surface area contributed by atoms with Crippen LogP contribution >= 0.6 is 0 Å². The molecule has 130 valence electrons. The Morgan fingerprint density at radius 2 is 1.41 bits per heavy atom. The molecule has 0 saturated heterocycles. The predicted molar refractivity (Wildman–Crippen MR) is 91.3 cm³/mol. The zero-order valence-corrected chi connectivity index (χ0v) is 14.5. The van der Waals surface area contributed by atoms with Crippen LogP contribution < -0.4 is 11.5 Å². The monoisotopic (exact) mass is 313 g/mol. The normalized spacial score (nSPS) is 12.1. The molecule has 4 N–H and O–H groups in total. The molecule has 0 heterocycles. The van der Waals surface area contributed by atoms with Gasteiger partial charge in [-0.25, -0.2) is 0 Å². The zero-order chi connectivity index (χ0) is 16.8. The van der Waals surface area contributed by atoms with Crippen molar-refractivity contribution in [3.05, 3.63) is 0 Å². The van der Waals surface area contributed by atoms with Gasteiger partial charge in [-0.15, -0.1) is 0 Å². The van der Waals surface area contributed by atoms with Crippen molar-refractivity contribution < 1.29 is 9.59 Å². The van der Waals surface area contributed by atoms with Crippen molar-refractivity contribution in [2.24, 2.45) is 11.5 Å². The fourth-order valence-corrected chi connectivity index (χ4v) is 2.45. The number of amides is 2. The summed E-state index contributed by atoms with van der Waals surface area (Å²) < 4.78 is 0. The Hall–Kier alpha value is -1.10. The average Bonchev–Trinajstić information content (AvgIpc) is 2.50. The molecule has 0 radical (unpaired) electrons. The number of primary amides is 1. The molecule has 0 rings (SSSR count). The molecule has 0 aromatic carbocycles. The van der Waals surface area contributed by atoms with E-state index in [1.165, 1.54) is 25.7 Å². The first-order chi connectivity index (χ1) is 10.5. The lowest BCUT2D eigenvalue weighted by Gasteiger charge is -2.26. The van der Waals surface area contributed by atoms with Gasteiger partial charge < -0.3 is 16.4 Å². The van der Waals surface area contributed by atoms with Gasteiger partial charge in [-0.05, 0) is 19.3 Å². The summed E-state index contributed by atoms with van der Waals surface area (Å²) in [5, 5.41) is 0. The number of carbonyl (C=O) groups excluding carboxylic acids is 2. The second kappa shape index (κ2) is 13.6. The van der Waals surface area contributed by atoms with Crippen molar-refractivity contribution >= 4 is 11.8 Å². The highest BCUT2D eigenvalue weighted by molar-refractivity contribution is 5.82. The van der Waals surface area contributed by atoms with Crippen molar-refractivity contribution in [1.29, 1.82) is 0 Å². The molecule has 2 amide bonds. The van der Waals surface area contributed by atoms with Gasteiger partial charge in [0.1, 0.15) is 0 Å². The summed E-state index contributed by atoms with van der Waals surface area (Å²) in [4.78, 5) is 25.1. The Balaban J connectivity index is 4.32. The van der Waals surface area contributed by atoms with Gasteiger partial charge in [0.2, 0.25) is 11.8 Å². The van der Waals surface area contributed by atoms with E-state index in [0.29, 0.717) is 6.42 Å². The largest absolute Gasteiger partial charge is 0.370 e. The molecule has 0 aliphatic heterocycles. The number of hydrogen-bond donors (Lipinski definition) is 2. The van der Waals surface area contributed by atoms with Gasteiger partial charge in [-0.3, -0.25) is 9.59 Å². The first-order valence-electron chi connectivity index (χ1n) is 8.85.